The predicted molar refractivity (Wildman–Crippen MR) is 143 cm³/mol. The van der Waals surface area contributed by atoms with Crippen molar-refractivity contribution in [2.75, 3.05) is 5.32 Å². The zero-order valence-electron chi connectivity index (χ0n) is 19.8. The summed E-state index contributed by atoms with van der Waals surface area (Å²) in [6.45, 7) is 7.71. The average Bonchev–Trinajstić information content (AvgIpc) is 2.85. The number of benzene rings is 2. The number of hydrogen-bond donors (Lipinski definition) is 2. The van der Waals surface area contributed by atoms with Gasteiger partial charge >= 0.3 is 0 Å². The molecule has 0 heterocycles. The fourth-order valence-electron chi connectivity index (χ4n) is 2.84. The van der Waals surface area contributed by atoms with Gasteiger partial charge in [-0.25, -0.2) is 4.99 Å². The Morgan fingerprint density at radius 2 is 1.83 bits per heavy atom. The largest absolute Gasteiger partial charge is 0.456 e. The molecule has 8 heteroatoms. The number of hydrogen-bond acceptors (Lipinski definition) is 5. The fourth-order valence-corrected chi connectivity index (χ4v) is 2.96. The molecule has 2 aromatic rings. The lowest BCUT2D eigenvalue weighted by Gasteiger charge is -2.12. The summed E-state index contributed by atoms with van der Waals surface area (Å²) < 4.78 is 5.75. The molecule has 0 bridgehead atoms. The van der Waals surface area contributed by atoms with Crippen molar-refractivity contribution >= 4 is 42.2 Å². The molecule has 2 N–H and O–H groups in total. The van der Waals surface area contributed by atoms with Crippen molar-refractivity contribution in [1.82, 2.24) is 5.32 Å². The molecule has 0 aliphatic carbocycles. The van der Waals surface area contributed by atoms with Crippen molar-refractivity contribution in [3.05, 3.63) is 95.5 Å². The molecule has 0 aromatic heterocycles. The van der Waals surface area contributed by atoms with Crippen LogP contribution < -0.4 is 15.4 Å². The minimum atomic E-state index is 0.208. The van der Waals surface area contributed by atoms with Crippen LogP contribution in [0.1, 0.15) is 25.8 Å². The van der Waals surface area contributed by atoms with Crippen LogP contribution in [0.5, 0.6) is 5.75 Å². The van der Waals surface area contributed by atoms with Crippen LogP contribution in [-0.2, 0) is 16.0 Å². The van der Waals surface area contributed by atoms with Crippen LogP contribution in [-0.4, -0.2) is 24.9 Å². The number of amides is 1. The number of aliphatic imine (C=N–C) groups is 2. The van der Waals surface area contributed by atoms with Crippen LogP contribution in [0.2, 0.25) is 5.02 Å². The lowest BCUT2D eigenvalue weighted by molar-refractivity contribution is -0.108. The molecule has 2 aromatic carbocycles. The molecule has 0 spiro atoms. The van der Waals surface area contributed by atoms with Crippen LogP contribution in [0.3, 0.4) is 0 Å². The molecule has 0 aliphatic rings. The molecular formula is C27H29ClN4O3. The molecule has 0 saturated heterocycles. The quantitative estimate of drug-likeness (QED) is 0.172. The topological polar surface area (TPSA) is 92.2 Å². The summed E-state index contributed by atoms with van der Waals surface area (Å²) in [6.07, 6.45) is 8.49. The van der Waals surface area contributed by atoms with Gasteiger partial charge in [0.15, 0.2) is 0 Å². The molecule has 0 unspecified atom stereocenters. The summed E-state index contributed by atoms with van der Waals surface area (Å²) in [6, 6.07) is 14.7. The molecule has 0 aliphatic heterocycles. The minimum Gasteiger partial charge on any atom is -0.456 e. The molecule has 0 atom stereocenters. The standard InChI is InChI=1S/C27H29ClN4O3/c1-4-29-18-26(6-5-15-33)35-25-13-11-24(12-14-25)32-27(31-19-34)30-17-22(20(2)3)16-21-7-9-23(28)10-8-21/h4,6-15,17-20H,1,5,16H2,2-3H3,(H2,30,31,32,34)/b22-17+,26-6+,29-18?. The molecule has 0 saturated carbocycles. The Morgan fingerprint density at radius 1 is 1.11 bits per heavy atom. The molecule has 0 fully saturated rings. The Kier molecular flexibility index (Phi) is 11.7. The number of allylic oxidation sites excluding steroid dienone is 3. The number of nitrogens with zero attached hydrogens (tertiary/aromatic N) is 2. The van der Waals surface area contributed by atoms with Gasteiger partial charge in [-0.15, -0.1) is 0 Å². The van der Waals surface area contributed by atoms with Gasteiger partial charge in [0.05, 0.1) is 6.21 Å². The first kappa shape index (κ1) is 27.3. The maximum Gasteiger partial charge on any atom is 0.213 e. The molecule has 0 radical (unpaired) electrons. The van der Waals surface area contributed by atoms with Crippen LogP contribution in [0.25, 0.3) is 0 Å². The van der Waals surface area contributed by atoms with Gasteiger partial charge in [0.2, 0.25) is 12.4 Å². The van der Waals surface area contributed by atoms with Crippen molar-refractivity contribution in [2.45, 2.75) is 26.7 Å². The Balaban J connectivity index is 2.15. The maximum atomic E-state index is 11.1. The second-order valence-corrected chi connectivity index (χ2v) is 8.06. The minimum absolute atomic E-state index is 0.208. The molecule has 182 valence electrons. The van der Waals surface area contributed by atoms with Crippen LogP contribution in [0.4, 0.5) is 5.69 Å². The van der Waals surface area contributed by atoms with E-state index in [-0.39, 0.29) is 18.3 Å². The van der Waals surface area contributed by atoms with Gasteiger partial charge < -0.3 is 14.8 Å². The van der Waals surface area contributed by atoms with Crippen molar-refractivity contribution in [3.63, 3.8) is 0 Å². The van der Waals surface area contributed by atoms with E-state index in [1.807, 2.05) is 24.3 Å². The number of nitrogens with one attached hydrogen (secondary N) is 2. The van der Waals surface area contributed by atoms with Gasteiger partial charge in [0.1, 0.15) is 17.8 Å². The van der Waals surface area contributed by atoms with E-state index in [1.54, 1.807) is 36.5 Å². The third-order valence-electron chi connectivity index (χ3n) is 4.69. The van der Waals surface area contributed by atoms with E-state index in [0.29, 0.717) is 35.0 Å². The van der Waals surface area contributed by atoms with Gasteiger partial charge in [0, 0.05) is 29.5 Å². The SMILES string of the molecule is C=CN=C/C(=C\CC=O)Oc1ccc(NC(=N/C=C(\Cc2ccc(Cl)cc2)C(C)C)NC=O)cc1. The highest BCUT2D eigenvalue weighted by Gasteiger charge is 2.06. The smallest absolute Gasteiger partial charge is 0.213 e. The number of guanidine groups is 1. The normalized spacial score (nSPS) is 12.5. The van der Waals surface area contributed by atoms with Crippen molar-refractivity contribution in [3.8, 4) is 5.75 Å². The number of carbonyl (C=O) groups is 2. The van der Waals surface area contributed by atoms with Gasteiger partial charge in [-0.05, 0) is 65.9 Å². The Labute approximate surface area is 211 Å². The van der Waals surface area contributed by atoms with E-state index in [0.717, 1.165) is 17.4 Å². The van der Waals surface area contributed by atoms with E-state index < -0.39 is 0 Å². The van der Waals surface area contributed by atoms with Crippen LogP contribution >= 0.6 is 11.6 Å². The zero-order valence-corrected chi connectivity index (χ0v) is 20.5. The van der Waals surface area contributed by atoms with E-state index in [2.05, 4.69) is 41.0 Å². The predicted octanol–water partition coefficient (Wildman–Crippen LogP) is 5.70. The summed E-state index contributed by atoms with van der Waals surface area (Å²) in [5.41, 5.74) is 2.91. The summed E-state index contributed by atoms with van der Waals surface area (Å²) >= 11 is 5.98. The number of rotatable bonds is 12. The van der Waals surface area contributed by atoms with Gasteiger partial charge in [-0.2, -0.15) is 0 Å². The second kappa shape index (κ2) is 15.0. The van der Waals surface area contributed by atoms with E-state index in [9.17, 15) is 9.59 Å². The lowest BCUT2D eigenvalue weighted by Crippen LogP contribution is -2.29. The Morgan fingerprint density at radius 3 is 2.43 bits per heavy atom. The lowest BCUT2D eigenvalue weighted by atomic mass is 9.97. The molecule has 35 heavy (non-hydrogen) atoms. The van der Waals surface area contributed by atoms with Gasteiger partial charge in [0.25, 0.3) is 0 Å². The van der Waals surface area contributed by atoms with E-state index >= 15 is 0 Å². The zero-order chi connectivity index (χ0) is 25.5. The molecule has 1 amide bonds. The maximum absolute atomic E-state index is 11.1. The third-order valence-corrected chi connectivity index (χ3v) is 4.95. The number of anilines is 1. The first-order valence-corrected chi connectivity index (χ1v) is 11.4. The van der Waals surface area contributed by atoms with Gasteiger partial charge in [-0.1, -0.05) is 44.2 Å². The Bertz CT molecular complexity index is 1100. The highest BCUT2D eigenvalue weighted by atomic mass is 35.5. The summed E-state index contributed by atoms with van der Waals surface area (Å²) in [5.74, 6) is 1.52. The van der Waals surface area contributed by atoms with E-state index in [4.69, 9.17) is 16.3 Å². The number of carbonyl (C=O) groups excluding carboxylic acids is 2. The fraction of sp³-hybridized carbons (Fsp3) is 0.185. The van der Waals surface area contributed by atoms with Crippen LogP contribution in [0.15, 0.2) is 94.9 Å². The van der Waals surface area contributed by atoms with E-state index in [1.165, 1.54) is 12.4 Å². The number of aldehydes is 1. The molecule has 2 rings (SSSR count). The highest BCUT2D eigenvalue weighted by molar-refractivity contribution is 6.30. The van der Waals surface area contributed by atoms with Gasteiger partial charge in [-0.3, -0.25) is 15.1 Å². The highest BCUT2D eigenvalue weighted by Crippen LogP contribution is 2.20. The third kappa shape index (κ3) is 10.2. The summed E-state index contributed by atoms with van der Waals surface area (Å²) in [4.78, 5) is 30.1. The van der Waals surface area contributed by atoms with Crippen molar-refractivity contribution in [2.24, 2.45) is 15.9 Å². The second-order valence-electron chi connectivity index (χ2n) is 7.62. The first-order chi connectivity index (χ1) is 16.9. The van der Waals surface area contributed by atoms with Crippen molar-refractivity contribution < 1.29 is 14.3 Å². The molecular weight excluding hydrogens is 464 g/mol. The summed E-state index contributed by atoms with van der Waals surface area (Å²) in [5, 5.41) is 6.36. The Hall–Kier alpha value is -3.97. The average molecular weight is 493 g/mol. The monoisotopic (exact) mass is 492 g/mol. The summed E-state index contributed by atoms with van der Waals surface area (Å²) in [7, 11) is 0. The van der Waals surface area contributed by atoms with Crippen LogP contribution in [0, 0.1) is 5.92 Å². The first-order valence-electron chi connectivity index (χ1n) is 11.0. The van der Waals surface area contributed by atoms with Crippen molar-refractivity contribution in [1.29, 1.82) is 0 Å². The molecule has 7 nitrogen and oxygen atoms in total. The number of halogens is 1. The number of ether oxygens (including phenoxy) is 1.